The van der Waals surface area contributed by atoms with Crippen molar-refractivity contribution in [3.63, 3.8) is 0 Å². The number of aliphatic imine (C=N–C) groups is 1. The predicted molar refractivity (Wildman–Crippen MR) is 130 cm³/mol. The number of urea groups is 1. The first-order chi connectivity index (χ1) is 16.6. The standard InChI is InChI=1S/C26H19N5O2S/c1-16-23(25-30-21(15-34-25)18-9-7-17(13-27)8-10-18)24(31-26(32)29-16)19-11-12-22(28-14-19)33-20-5-3-2-4-6-20/h2-12,14-15,23-24H,1H3,(H,31,32). The van der Waals surface area contributed by atoms with Gasteiger partial charge in [0.25, 0.3) is 0 Å². The molecule has 1 N–H and O–H groups in total. The van der Waals surface area contributed by atoms with Gasteiger partial charge in [-0.15, -0.1) is 11.3 Å². The summed E-state index contributed by atoms with van der Waals surface area (Å²) in [4.78, 5) is 25.7. The highest BCUT2D eigenvalue weighted by Crippen LogP contribution is 2.38. The third kappa shape index (κ3) is 4.42. The smallest absolute Gasteiger partial charge is 0.341 e. The minimum Gasteiger partial charge on any atom is -0.439 e. The van der Waals surface area contributed by atoms with E-state index in [9.17, 15) is 4.79 Å². The highest BCUT2D eigenvalue weighted by Gasteiger charge is 2.35. The molecule has 2 aromatic carbocycles. The number of hydrogen-bond donors (Lipinski definition) is 1. The molecule has 0 saturated carbocycles. The summed E-state index contributed by atoms with van der Waals surface area (Å²) >= 11 is 1.52. The number of aromatic nitrogens is 2. The van der Waals surface area contributed by atoms with E-state index < -0.39 is 0 Å². The van der Waals surface area contributed by atoms with Gasteiger partial charge in [0.1, 0.15) is 10.8 Å². The average molecular weight is 466 g/mol. The van der Waals surface area contributed by atoms with Crippen LogP contribution in [-0.4, -0.2) is 21.7 Å². The molecule has 5 rings (SSSR count). The first-order valence-corrected chi connectivity index (χ1v) is 11.5. The van der Waals surface area contributed by atoms with Crippen LogP contribution in [0.1, 0.15) is 35.0 Å². The molecule has 2 aromatic heterocycles. The number of carbonyl (C=O) groups excluding carboxylic acids is 1. The number of carbonyl (C=O) groups is 1. The van der Waals surface area contributed by atoms with E-state index in [1.807, 2.05) is 60.8 Å². The van der Waals surface area contributed by atoms with Crippen molar-refractivity contribution in [2.24, 2.45) is 4.99 Å². The summed E-state index contributed by atoms with van der Waals surface area (Å²) in [5.74, 6) is 0.946. The maximum atomic E-state index is 12.2. The Balaban J connectivity index is 1.43. The number of para-hydroxylation sites is 1. The minimum absolute atomic E-state index is 0.225. The number of benzene rings is 2. The van der Waals surface area contributed by atoms with Crippen LogP contribution in [0, 0.1) is 11.3 Å². The Kier molecular flexibility index (Phi) is 5.85. The number of ether oxygens (including phenoxy) is 1. The van der Waals surface area contributed by atoms with Crippen molar-refractivity contribution < 1.29 is 9.53 Å². The molecule has 1 aliphatic rings. The molecule has 2 unspecified atom stereocenters. The number of nitriles is 1. The minimum atomic E-state index is -0.382. The molecule has 0 spiro atoms. The van der Waals surface area contributed by atoms with E-state index in [0.717, 1.165) is 21.8 Å². The molecule has 34 heavy (non-hydrogen) atoms. The monoisotopic (exact) mass is 465 g/mol. The molecular weight excluding hydrogens is 446 g/mol. The summed E-state index contributed by atoms with van der Waals surface area (Å²) in [6, 6.07) is 21.8. The molecule has 2 atom stereocenters. The molecule has 3 heterocycles. The number of pyridine rings is 1. The molecule has 0 fully saturated rings. The van der Waals surface area contributed by atoms with Crippen LogP contribution in [0.4, 0.5) is 4.79 Å². The lowest BCUT2D eigenvalue weighted by molar-refractivity contribution is 0.243. The van der Waals surface area contributed by atoms with Gasteiger partial charge in [0, 0.05) is 28.9 Å². The van der Waals surface area contributed by atoms with Crippen molar-refractivity contribution >= 4 is 23.1 Å². The van der Waals surface area contributed by atoms with Gasteiger partial charge in [0.05, 0.1) is 29.3 Å². The molecular formula is C26H19N5O2S. The molecule has 166 valence electrons. The fraction of sp³-hybridized carbons (Fsp3) is 0.115. The van der Waals surface area contributed by atoms with Crippen LogP contribution in [0.15, 0.2) is 83.3 Å². The van der Waals surface area contributed by atoms with Gasteiger partial charge in [-0.1, -0.05) is 36.4 Å². The molecule has 4 aromatic rings. The Bertz CT molecular complexity index is 1390. The molecule has 0 aliphatic carbocycles. The third-order valence-electron chi connectivity index (χ3n) is 5.52. The van der Waals surface area contributed by atoms with Crippen molar-refractivity contribution in [1.82, 2.24) is 15.3 Å². The lowest BCUT2D eigenvalue weighted by Crippen LogP contribution is -2.38. The lowest BCUT2D eigenvalue weighted by Gasteiger charge is -2.29. The van der Waals surface area contributed by atoms with Gasteiger partial charge in [-0.05, 0) is 36.8 Å². The second-order valence-corrected chi connectivity index (χ2v) is 8.65. The van der Waals surface area contributed by atoms with Crippen LogP contribution >= 0.6 is 11.3 Å². The van der Waals surface area contributed by atoms with Gasteiger partial charge >= 0.3 is 6.03 Å². The maximum Gasteiger partial charge on any atom is 0.341 e. The van der Waals surface area contributed by atoms with E-state index in [2.05, 4.69) is 21.4 Å². The van der Waals surface area contributed by atoms with Crippen molar-refractivity contribution in [3.8, 4) is 29.0 Å². The van der Waals surface area contributed by atoms with E-state index in [-0.39, 0.29) is 18.0 Å². The molecule has 7 nitrogen and oxygen atoms in total. The van der Waals surface area contributed by atoms with Gasteiger partial charge < -0.3 is 10.1 Å². The lowest BCUT2D eigenvalue weighted by atomic mass is 9.89. The number of nitrogens with one attached hydrogen (secondary N) is 1. The van der Waals surface area contributed by atoms with E-state index >= 15 is 0 Å². The van der Waals surface area contributed by atoms with E-state index in [4.69, 9.17) is 15.0 Å². The van der Waals surface area contributed by atoms with Crippen molar-refractivity contribution in [2.75, 3.05) is 0 Å². The summed E-state index contributed by atoms with van der Waals surface area (Å²) in [6.45, 7) is 1.85. The SMILES string of the molecule is CC1=NC(=O)NC(c2ccc(Oc3ccccc3)nc2)C1c1nc(-c2ccc(C#N)cc2)cs1. The Morgan fingerprint density at radius 2 is 1.85 bits per heavy atom. The van der Waals surface area contributed by atoms with Crippen LogP contribution in [0.3, 0.4) is 0 Å². The van der Waals surface area contributed by atoms with Crippen LogP contribution in [0.25, 0.3) is 11.3 Å². The zero-order chi connectivity index (χ0) is 23.5. The Labute approximate surface area is 200 Å². The molecule has 0 bridgehead atoms. The van der Waals surface area contributed by atoms with Gasteiger partial charge in [-0.25, -0.2) is 19.8 Å². The van der Waals surface area contributed by atoms with Crippen molar-refractivity contribution in [2.45, 2.75) is 18.9 Å². The first-order valence-electron chi connectivity index (χ1n) is 10.6. The van der Waals surface area contributed by atoms with Crippen LogP contribution in [-0.2, 0) is 0 Å². The van der Waals surface area contributed by atoms with Gasteiger partial charge in [0.15, 0.2) is 0 Å². The van der Waals surface area contributed by atoms with E-state index in [0.29, 0.717) is 22.9 Å². The van der Waals surface area contributed by atoms with Crippen molar-refractivity contribution in [1.29, 1.82) is 5.26 Å². The maximum absolute atomic E-state index is 12.2. The number of rotatable bonds is 5. The van der Waals surface area contributed by atoms with Crippen LogP contribution < -0.4 is 10.1 Å². The first kappa shape index (κ1) is 21.5. The van der Waals surface area contributed by atoms with Crippen molar-refractivity contribution in [3.05, 3.63) is 94.4 Å². The Hall–Kier alpha value is -4.35. The second kappa shape index (κ2) is 9.25. The normalized spacial score (nSPS) is 17.4. The Morgan fingerprint density at radius 1 is 1.06 bits per heavy atom. The molecule has 8 heteroatoms. The van der Waals surface area contributed by atoms with Gasteiger partial charge in [-0.2, -0.15) is 5.26 Å². The predicted octanol–water partition coefficient (Wildman–Crippen LogP) is 5.88. The molecule has 1 aliphatic heterocycles. The third-order valence-corrected chi connectivity index (χ3v) is 6.45. The van der Waals surface area contributed by atoms with Crippen LogP contribution in [0.5, 0.6) is 11.6 Å². The Morgan fingerprint density at radius 3 is 2.56 bits per heavy atom. The van der Waals surface area contributed by atoms with E-state index in [1.165, 1.54) is 11.3 Å². The highest BCUT2D eigenvalue weighted by atomic mass is 32.1. The zero-order valence-corrected chi connectivity index (χ0v) is 19.0. The number of nitrogens with zero attached hydrogens (tertiary/aromatic N) is 4. The number of thiazole rings is 1. The number of hydrogen-bond acceptors (Lipinski definition) is 6. The quantitative estimate of drug-likeness (QED) is 0.397. The summed E-state index contributed by atoms with van der Waals surface area (Å²) in [6.07, 6.45) is 1.71. The largest absolute Gasteiger partial charge is 0.439 e. The topological polar surface area (TPSA) is 100 Å². The molecule has 0 saturated heterocycles. The molecule has 0 radical (unpaired) electrons. The fourth-order valence-electron chi connectivity index (χ4n) is 3.84. The van der Waals surface area contributed by atoms with Gasteiger partial charge in [-0.3, -0.25) is 0 Å². The van der Waals surface area contributed by atoms with Crippen LogP contribution in [0.2, 0.25) is 0 Å². The summed E-state index contributed by atoms with van der Waals surface area (Å²) < 4.78 is 5.79. The number of amides is 2. The summed E-state index contributed by atoms with van der Waals surface area (Å²) in [7, 11) is 0. The summed E-state index contributed by atoms with van der Waals surface area (Å²) in [5, 5.41) is 14.8. The molecule has 2 amide bonds. The van der Waals surface area contributed by atoms with Gasteiger partial charge in [0.2, 0.25) is 5.88 Å². The summed E-state index contributed by atoms with van der Waals surface area (Å²) in [5.41, 5.74) is 3.88. The highest BCUT2D eigenvalue weighted by molar-refractivity contribution is 7.10. The average Bonchev–Trinajstić information content (AvgIpc) is 3.34. The fourth-order valence-corrected chi connectivity index (χ4v) is 4.87. The van der Waals surface area contributed by atoms with E-state index in [1.54, 1.807) is 24.4 Å². The second-order valence-electron chi connectivity index (χ2n) is 7.76. The zero-order valence-electron chi connectivity index (χ0n) is 18.2.